The van der Waals surface area contributed by atoms with E-state index in [1.807, 2.05) is 13.0 Å². The molecular weight excluding hydrogens is 225 g/mol. The van der Waals surface area contributed by atoms with Crippen molar-refractivity contribution >= 4 is 5.83 Å². The lowest BCUT2D eigenvalue weighted by molar-refractivity contribution is 0.749. The molecule has 0 bridgehead atoms. The predicted octanol–water partition coefficient (Wildman–Crippen LogP) is 4.70. The van der Waals surface area contributed by atoms with Gasteiger partial charge in [-0.15, -0.1) is 0 Å². The fraction of sp³-hybridized carbons (Fsp3) is 0.188. The first-order valence-electron chi connectivity index (χ1n) is 5.97. The fourth-order valence-corrected chi connectivity index (χ4v) is 1.87. The zero-order valence-electron chi connectivity index (χ0n) is 10.9. The highest BCUT2D eigenvalue weighted by Crippen LogP contribution is 2.24. The third kappa shape index (κ3) is 2.48. The Hall–Kier alpha value is -1.96. The van der Waals surface area contributed by atoms with Crippen molar-refractivity contribution in [3.05, 3.63) is 59.4 Å². The quantitative estimate of drug-likeness (QED) is 0.743. The van der Waals surface area contributed by atoms with Crippen LogP contribution in [0.15, 0.2) is 42.6 Å². The minimum absolute atomic E-state index is 0.275. The van der Waals surface area contributed by atoms with Gasteiger partial charge in [-0.1, -0.05) is 29.8 Å². The van der Waals surface area contributed by atoms with Crippen LogP contribution in [-0.2, 0) is 0 Å². The molecule has 18 heavy (non-hydrogen) atoms. The van der Waals surface area contributed by atoms with Crippen molar-refractivity contribution in [1.82, 2.24) is 4.98 Å². The molecule has 0 amide bonds. The summed E-state index contributed by atoms with van der Waals surface area (Å²) in [5.74, 6) is -0.275. The number of halogens is 1. The molecule has 0 aliphatic rings. The van der Waals surface area contributed by atoms with Crippen molar-refractivity contribution in [1.29, 1.82) is 0 Å². The second kappa shape index (κ2) is 5.13. The largest absolute Gasteiger partial charge is 0.253 e. The second-order valence-corrected chi connectivity index (χ2v) is 4.39. The highest BCUT2D eigenvalue weighted by atomic mass is 19.1. The van der Waals surface area contributed by atoms with Crippen LogP contribution in [0.5, 0.6) is 0 Å². The van der Waals surface area contributed by atoms with Crippen LogP contribution in [0.2, 0.25) is 0 Å². The van der Waals surface area contributed by atoms with Crippen molar-refractivity contribution in [2.45, 2.75) is 20.8 Å². The van der Waals surface area contributed by atoms with Crippen LogP contribution in [0.4, 0.5) is 4.39 Å². The summed E-state index contributed by atoms with van der Waals surface area (Å²) in [6.07, 6.45) is 3.15. The molecule has 1 aromatic carbocycles. The molecule has 0 saturated carbocycles. The van der Waals surface area contributed by atoms with Gasteiger partial charge in [-0.2, -0.15) is 0 Å². The molecule has 2 heteroatoms. The van der Waals surface area contributed by atoms with E-state index in [1.54, 1.807) is 13.1 Å². The van der Waals surface area contributed by atoms with Crippen LogP contribution < -0.4 is 0 Å². The maximum atomic E-state index is 13.5. The summed E-state index contributed by atoms with van der Waals surface area (Å²) >= 11 is 0. The molecule has 1 heterocycles. The van der Waals surface area contributed by atoms with Crippen LogP contribution in [-0.4, -0.2) is 4.98 Å². The van der Waals surface area contributed by atoms with Gasteiger partial charge in [-0.05, 0) is 44.0 Å². The fourth-order valence-electron chi connectivity index (χ4n) is 1.87. The van der Waals surface area contributed by atoms with E-state index >= 15 is 0 Å². The van der Waals surface area contributed by atoms with E-state index in [4.69, 9.17) is 0 Å². The van der Waals surface area contributed by atoms with Crippen LogP contribution in [0.3, 0.4) is 0 Å². The molecule has 0 N–H and O–H groups in total. The predicted molar refractivity (Wildman–Crippen MR) is 73.9 cm³/mol. The van der Waals surface area contributed by atoms with Gasteiger partial charge in [-0.25, -0.2) is 4.39 Å². The minimum atomic E-state index is -0.275. The summed E-state index contributed by atoms with van der Waals surface area (Å²) in [4.78, 5) is 4.20. The first-order valence-corrected chi connectivity index (χ1v) is 5.97. The number of aryl methyl sites for hydroxylation is 2. The summed E-state index contributed by atoms with van der Waals surface area (Å²) < 4.78 is 13.5. The molecule has 1 nitrogen and oxygen atoms in total. The van der Waals surface area contributed by atoms with Crippen molar-refractivity contribution in [3.63, 3.8) is 0 Å². The number of aromatic nitrogens is 1. The maximum absolute atomic E-state index is 13.5. The first-order chi connectivity index (χ1) is 8.61. The molecule has 0 spiro atoms. The zero-order chi connectivity index (χ0) is 13.1. The lowest BCUT2D eigenvalue weighted by Gasteiger charge is -2.06. The summed E-state index contributed by atoms with van der Waals surface area (Å²) in [6, 6.07) is 10.2. The molecule has 2 rings (SSSR count). The third-order valence-corrected chi connectivity index (χ3v) is 2.94. The number of nitrogens with zero attached hydrogens (tertiary/aromatic N) is 1. The Morgan fingerprint density at radius 2 is 1.78 bits per heavy atom. The minimum Gasteiger partial charge on any atom is -0.253 e. The maximum Gasteiger partial charge on any atom is 0.144 e. The molecule has 0 aliphatic carbocycles. The van der Waals surface area contributed by atoms with Gasteiger partial charge in [0.2, 0.25) is 0 Å². The van der Waals surface area contributed by atoms with E-state index in [9.17, 15) is 4.39 Å². The second-order valence-electron chi connectivity index (χ2n) is 4.39. The van der Waals surface area contributed by atoms with Gasteiger partial charge in [0.25, 0.3) is 0 Å². The Morgan fingerprint density at radius 3 is 2.33 bits per heavy atom. The topological polar surface area (TPSA) is 12.9 Å². The molecule has 0 unspecified atom stereocenters. The molecule has 2 aromatic rings. The summed E-state index contributed by atoms with van der Waals surface area (Å²) in [7, 11) is 0. The molecule has 0 radical (unpaired) electrons. The van der Waals surface area contributed by atoms with E-state index in [0.717, 1.165) is 16.7 Å². The van der Waals surface area contributed by atoms with E-state index in [0.29, 0.717) is 5.69 Å². The zero-order valence-corrected chi connectivity index (χ0v) is 10.9. The number of pyridine rings is 1. The van der Waals surface area contributed by atoms with Crippen LogP contribution in [0.1, 0.15) is 23.7 Å². The van der Waals surface area contributed by atoms with Crippen molar-refractivity contribution in [2.75, 3.05) is 0 Å². The highest BCUT2D eigenvalue weighted by Gasteiger charge is 2.07. The Morgan fingerprint density at radius 1 is 1.11 bits per heavy atom. The van der Waals surface area contributed by atoms with Gasteiger partial charge in [0.05, 0.1) is 0 Å². The van der Waals surface area contributed by atoms with Crippen molar-refractivity contribution in [2.24, 2.45) is 0 Å². The third-order valence-electron chi connectivity index (χ3n) is 2.94. The molecule has 0 aliphatic heterocycles. The van der Waals surface area contributed by atoms with E-state index in [2.05, 4.69) is 36.2 Å². The first kappa shape index (κ1) is 12.5. The van der Waals surface area contributed by atoms with Gasteiger partial charge in [-0.3, -0.25) is 4.98 Å². The molecular formula is C16H16FN. The SMILES string of the molecule is C/C=C(/F)c1ncc(-c2ccc(C)cc2)cc1C. The average molecular weight is 241 g/mol. The Kier molecular flexibility index (Phi) is 3.56. The normalized spacial score (nSPS) is 11.7. The Bertz CT molecular complexity index is 583. The molecule has 92 valence electrons. The monoisotopic (exact) mass is 241 g/mol. The van der Waals surface area contributed by atoms with E-state index < -0.39 is 0 Å². The molecule has 0 saturated heterocycles. The van der Waals surface area contributed by atoms with E-state index in [-0.39, 0.29) is 5.83 Å². The molecule has 1 aromatic heterocycles. The lowest BCUT2D eigenvalue weighted by Crippen LogP contribution is -1.91. The molecule has 0 fully saturated rings. The van der Waals surface area contributed by atoms with Gasteiger partial charge >= 0.3 is 0 Å². The van der Waals surface area contributed by atoms with Gasteiger partial charge in [0.1, 0.15) is 11.5 Å². The van der Waals surface area contributed by atoms with Crippen LogP contribution >= 0.6 is 0 Å². The highest BCUT2D eigenvalue weighted by molar-refractivity contribution is 5.67. The van der Waals surface area contributed by atoms with Gasteiger partial charge in [0, 0.05) is 11.8 Å². The van der Waals surface area contributed by atoms with Crippen LogP contribution in [0, 0.1) is 13.8 Å². The number of rotatable bonds is 2. The van der Waals surface area contributed by atoms with Gasteiger partial charge < -0.3 is 0 Å². The Balaban J connectivity index is 2.43. The summed E-state index contributed by atoms with van der Waals surface area (Å²) in [6.45, 7) is 5.60. The number of allylic oxidation sites excluding steroid dienone is 1. The van der Waals surface area contributed by atoms with E-state index in [1.165, 1.54) is 11.6 Å². The number of hydrogen-bond acceptors (Lipinski definition) is 1. The lowest BCUT2D eigenvalue weighted by atomic mass is 10.0. The van der Waals surface area contributed by atoms with Crippen molar-refractivity contribution in [3.8, 4) is 11.1 Å². The Labute approximate surface area is 107 Å². The average Bonchev–Trinajstić information content (AvgIpc) is 2.38. The van der Waals surface area contributed by atoms with Crippen molar-refractivity contribution < 1.29 is 4.39 Å². The summed E-state index contributed by atoms with van der Waals surface area (Å²) in [5, 5.41) is 0. The summed E-state index contributed by atoms with van der Waals surface area (Å²) in [5.41, 5.74) is 4.61. The number of benzene rings is 1. The number of hydrogen-bond donors (Lipinski definition) is 0. The smallest absolute Gasteiger partial charge is 0.144 e. The molecule has 0 atom stereocenters. The van der Waals surface area contributed by atoms with Crippen LogP contribution in [0.25, 0.3) is 17.0 Å². The van der Waals surface area contributed by atoms with Gasteiger partial charge in [0.15, 0.2) is 0 Å². The standard InChI is InChI=1S/C16H16FN/c1-4-15(17)16-12(3)9-14(10-18-16)13-7-5-11(2)6-8-13/h4-10H,1-3H3/b15-4+.